The van der Waals surface area contributed by atoms with Gasteiger partial charge in [0.15, 0.2) is 9.84 Å². The monoisotopic (exact) mass is 365 g/mol. The van der Waals surface area contributed by atoms with E-state index in [9.17, 15) is 13.2 Å². The molecule has 1 atom stereocenters. The quantitative estimate of drug-likeness (QED) is 0.873. The Morgan fingerprint density at radius 1 is 1.12 bits per heavy atom. The summed E-state index contributed by atoms with van der Waals surface area (Å²) in [6.07, 6.45) is 2.40. The van der Waals surface area contributed by atoms with Crippen molar-refractivity contribution < 1.29 is 13.2 Å². The van der Waals surface area contributed by atoms with E-state index in [4.69, 9.17) is 0 Å². The molecule has 2 fully saturated rings. The standard InChI is InChI=1S/C18H27N3O3S/c22-18(21-11-13-25(23,24)14-12-21)19-8-10-20-9-4-7-17(15-20)16-5-2-1-3-6-16/h1-3,5-6,17H,4,7-15H2,(H,19,22)/t17-/m1/s1. The molecule has 1 aromatic carbocycles. The van der Waals surface area contributed by atoms with Crippen LogP contribution in [0.5, 0.6) is 0 Å². The lowest BCUT2D eigenvalue weighted by atomic mass is 9.91. The zero-order valence-corrected chi connectivity index (χ0v) is 15.4. The van der Waals surface area contributed by atoms with Crippen LogP contribution in [-0.4, -0.2) is 75.0 Å². The van der Waals surface area contributed by atoms with Crippen LogP contribution < -0.4 is 5.32 Å². The van der Waals surface area contributed by atoms with Crippen LogP contribution in [-0.2, 0) is 9.84 Å². The van der Waals surface area contributed by atoms with Crippen LogP contribution in [0, 0.1) is 0 Å². The van der Waals surface area contributed by atoms with Gasteiger partial charge in [-0.05, 0) is 30.9 Å². The molecular weight excluding hydrogens is 338 g/mol. The average molecular weight is 365 g/mol. The Balaban J connectivity index is 1.40. The molecule has 2 saturated heterocycles. The molecule has 1 N–H and O–H groups in total. The Hall–Kier alpha value is -1.60. The van der Waals surface area contributed by atoms with E-state index in [1.54, 1.807) is 4.90 Å². The van der Waals surface area contributed by atoms with Crippen molar-refractivity contribution in [2.75, 3.05) is 50.8 Å². The first-order valence-electron chi connectivity index (χ1n) is 9.04. The van der Waals surface area contributed by atoms with Gasteiger partial charge in [0.05, 0.1) is 11.5 Å². The summed E-state index contributed by atoms with van der Waals surface area (Å²) in [5, 5.41) is 2.93. The number of rotatable bonds is 4. The number of likely N-dealkylation sites (tertiary alicyclic amines) is 1. The Labute approximate surface area is 150 Å². The molecule has 7 heteroatoms. The minimum Gasteiger partial charge on any atom is -0.337 e. The van der Waals surface area contributed by atoms with Gasteiger partial charge < -0.3 is 15.1 Å². The van der Waals surface area contributed by atoms with Crippen LogP contribution in [0.1, 0.15) is 24.3 Å². The van der Waals surface area contributed by atoms with Gasteiger partial charge in [-0.2, -0.15) is 0 Å². The van der Waals surface area contributed by atoms with Crippen LogP contribution in [0.3, 0.4) is 0 Å². The van der Waals surface area contributed by atoms with Gasteiger partial charge in [0.25, 0.3) is 0 Å². The van der Waals surface area contributed by atoms with Crippen molar-refractivity contribution in [2.45, 2.75) is 18.8 Å². The first-order chi connectivity index (χ1) is 12.0. The number of hydrogen-bond acceptors (Lipinski definition) is 4. The molecule has 0 spiro atoms. The highest BCUT2D eigenvalue weighted by Crippen LogP contribution is 2.26. The molecule has 0 aromatic heterocycles. The van der Waals surface area contributed by atoms with E-state index in [2.05, 4.69) is 34.5 Å². The number of sulfone groups is 1. The van der Waals surface area contributed by atoms with Gasteiger partial charge in [0, 0.05) is 32.7 Å². The third-order valence-electron chi connectivity index (χ3n) is 5.11. The van der Waals surface area contributed by atoms with Crippen molar-refractivity contribution in [1.82, 2.24) is 15.1 Å². The van der Waals surface area contributed by atoms with Crippen molar-refractivity contribution in [2.24, 2.45) is 0 Å². The highest BCUT2D eigenvalue weighted by molar-refractivity contribution is 7.91. The van der Waals surface area contributed by atoms with Gasteiger partial charge in [0.1, 0.15) is 0 Å². The van der Waals surface area contributed by atoms with Gasteiger partial charge in [0.2, 0.25) is 0 Å². The Morgan fingerprint density at radius 2 is 1.84 bits per heavy atom. The maximum absolute atomic E-state index is 12.1. The van der Waals surface area contributed by atoms with E-state index in [0.29, 0.717) is 25.6 Å². The maximum Gasteiger partial charge on any atom is 0.317 e. The predicted molar refractivity (Wildman–Crippen MR) is 98.5 cm³/mol. The molecule has 2 heterocycles. The number of urea groups is 1. The minimum atomic E-state index is -2.95. The summed E-state index contributed by atoms with van der Waals surface area (Å²) in [4.78, 5) is 16.1. The normalized spacial score (nSPS) is 24.0. The fraction of sp³-hybridized carbons (Fsp3) is 0.611. The molecule has 0 bridgehead atoms. The Kier molecular flexibility index (Phi) is 5.96. The SMILES string of the molecule is O=C(NCCN1CCC[C@@H](c2ccccc2)C1)N1CCS(=O)(=O)CC1. The van der Waals surface area contributed by atoms with E-state index in [-0.39, 0.29) is 17.5 Å². The van der Waals surface area contributed by atoms with Crippen molar-refractivity contribution in [3.05, 3.63) is 35.9 Å². The second-order valence-electron chi connectivity index (χ2n) is 6.92. The number of carbonyl (C=O) groups excluding carboxylic acids is 1. The first kappa shape index (κ1) is 18.2. The summed E-state index contributed by atoms with van der Waals surface area (Å²) < 4.78 is 22.8. The van der Waals surface area contributed by atoms with Gasteiger partial charge in [-0.25, -0.2) is 13.2 Å². The van der Waals surface area contributed by atoms with E-state index in [1.807, 2.05) is 6.07 Å². The molecule has 6 nitrogen and oxygen atoms in total. The van der Waals surface area contributed by atoms with E-state index < -0.39 is 9.84 Å². The third-order valence-corrected chi connectivity index (χ3v) is 6.72. The van der Waals surface area contributed by atoms with Crippen LogP contribution in [0.25, 0.3) is 0 Å². The van der Waals surface area contributed by atoms with Crippen molar-refractivity contribution in [3.63, 3.8) is 0 Å². The molecule has 0 saturated carbocycles. The van der Waals surface area contributed by atoms with Crippen molar-refractivity contribution >= 4 is 15.9 Å². The number of hydrogen-bond donors (Lipinski definition) is 1. The molecule has 2 aliphatic rings. The summed E-state index contributed by atoms with van der Waals surface area (Å²) in [7, 11) is -2.95. The molecule has 25 heavy (non-hydrogen) atoms. The molecule has 138 valence electrons. The van der Waals surface area contributed by atoms with Gasteiger partial charge in [-0.1, -0.05) is 30.3 Å². The number of nitrogens with one attached hydrogen (secondary N) is 1. The number of piperidine rings is 1. The summed E-state index contributed by atoms with van der Waals surface area (Å²) in [5.41, 5.74) is 1.39. The van der Waals surface area contributed by atoms with Gasteiger partial charge >= 0.3 is 6.03 Å². The molecule has 2 amide bonds. The molecule has 0 unspecified atom stereocenters. The fourth-order valence-electron chi connectivity index (χ4n) is 3.60. The second-order valence-corrected chi connectivity index (χ2v) is 9.22. The van der Waals surface area contributed by atoms with Crippen LogP contribution in [0.15, 0.2) is 30.3 Å². The summed E-state index contributed by atoms with van der Waals surface area (Å²) in [5.74, 6) is 0.717. The number of amides is 2. The van der Waals surface area contributed by atoms with Crippen molar-refractivity contribution in [3.8, 4) is 0 Å². The summed E-state index contributed by atoms with van der Waals surface area (Å²) in [6.45, 7) is 4.13. The summed E-state index contributed by atoms with van der Waals surface area (Å²) >= 11 is 0. The average Bonchev–Trinajstić information content (AvgIpc) is 2.62. The molecular formula is C18H27N3O3S. The number of benzene rings is 1. The van der Waals surface area contributed by atoms with Gasteiger partial charge in [-0.3, -0.25) is 0 Å². The van der Waals surface area contributed by atoms with Gasteiger partial charge in [-0.15, -0.1) is 0 Å². The lowest BCUT2D eigenvalue weighted by Gasteiger charge is -2.33. The Bertz CT molecular complexity index is 664. The van der Waals surface area contributed by atoms with Crippen LogP contribution in [0.2, 0.25) is 0 Å². The summed E-state index contributed by atoms with van der Waals surface area (Å²) in [6, 6.07) is 10.5. The highest BCUT2D eigenvalue weighted by atomic mass is 32.2. The smallest absolute Gasteiger partial charge is 0.317 e. The molecule has 0 aliphatic carbocycles. The highest BCUT2D eigenvalue weighted by Gasteiger charge is 2.25. The lowest BCUT2D eigenvalue weighted by molar-refractivity contribution is 0.190. The zero-order chi connectivity index (χ0) is 17.7. The van der Waals surface area contributed by atoms with E-state index >= 15 is 0 Å². The maximum atomic E-state index is 12.1. The number of carbonyl (C=O) groups is 1. The first-order valence-corrected chi connectivity index (χ1v) is 10.9. The third kappa shape index (κ3) is 5.19. The molecule has 2 aliphatic heterocycles. The van der Waals surface area contributed by atoms with Crippen molar-refractivity contribution in [1.29, 1.82) is 0 Å². The minimum absolute atomic E-state index is 0.0747. The lowest BCUT2D eigenvalue weighted by Crippen LogP contribution is -2.49. The zero-order valence-electron chi connectivity index (χ0n) is 14.6. The predicted octanol–water partition coefficient (Wildman–Crippen LogP) is 1.31. The molecule has 0 radical (unpaired) electrons. The van der Waals surface area contributed by atoms with E-state index in [1.165, 1.54) is 18.4 Å². The largest absolute Gasteiger partial charge is 0.337 e. The Morgan fingerprint density at radius 3 is 2.56 bits per heavy atom. The second kappa shape index (κ2) is 8.19. The van der Waals surface area contributed by atoms with Crippen LogP contribution in [0.4, 0.5) is 4.79 Å². The fourth-order valence-corrected chi connectivity index (χ4v) is 4.81. The van der Waals surface area contributed by atoms with E-state index in [0.717, 1.165) is 19.6 Å². The molecule has 3 rings (SSSR count). The van der Waals surface area contributed by atoms with Crippen LogP contribution >= 0.6 is 0 Å². The molecule has 1 aromatic rings. The topological polar surface area (TPSA) is 69.7 Å². The number of nitrogens with zero attached hydrogens (tertiary/aromatic N) is 2.